The third-order valence-electron chi connectivity index (χ3n) is 5.69. The molecule has 0 saturated carbocycles. The molecule has 0 aliphatic rings. The van der Waals surface area contributed by atoms with Gasteiger partial charge in [0.2, 0.25) is 0 Å². The van der Waals surface area contributed by atoms with Crippen LogP contribution in [0.3, 0.4) is 0 Å². The number of quaternary nitrogens is 1. The Labute approximate surface area is 227 Å². The Balaban J connectivity index is 1.82. The molecule has 10 heteroatoms. The topological polar surface area (TPSA) is 74.9 Å². The molecule has 0 aliphatic heterocycles. The number of aromatic carboxylic acids is 1. The summed E-state index contributed by atoms with van der Waals surface area (Å²) in [4.78, 5) is 35.1. The van der Waals surface area contributed by atoms with Crippen LogP contribution >= 0.6 is 45.9 Å². The summed E-state index contributed by atoms with van der Waals surface area (Å²) in [7, 11) is 0. The molecule has 1 amide bonds. The Bertz CT molecular complexity index is 1380. The molecule has 0 aliphatic carbocycles. The Morgan fingerprint density at radius 2 is 1.75 bits per heavy atom. The van der Waals surface area contributed by atoms with Gasteiger partial charge in [-0.15, -0.1) is 11.3 Å². The van der Waals surface area contributed by atoms with E-state index in [4.69, 9.17) is 23.2 Å². The van der Waals surface area contributed by atoms with Gasteiger partial charge in [-0.2, -0.15) is 4.98 Å². The highest BCUT2D eigenvalue weighted by molar-refractivity contribution is 7.18. The van der Waals surface area contributed by atoms with Crippen molar-refractivity contribution in [3.8, 4) is 10.4 Å². The van der Waals surface area contributed by atoms with Crippen molar-refractivity contribution in [2.45, 2.75) is 20.4 Å². The van der Waals surface area contributed by atoms with Gasteiger partial charge in [0, 0.05) is 16.1 Å². The van der Waals surface area contributed by atoms with Gasteiger partial charge in [-0.25, -0.2) is 4.79 Å². The van der Waals surface area contributed by atoms with E-state index in [-0.39, 0.29) is 22.0 Å². The number of nitrogens with one attached hydrogen (secondary N) is 1. The van der Waals surface area contributed by atoms with E-state index in [9.17, 15) is 14.7 Å². The van der Waals surface area contributed by atoms with Gasteiger partial charge in [0.25, 0.3) is 11.0 Å². The van der Waals surface area contributed by atoms with Gasteiger partial charge in [0.15, 0.2) is 0 Å². The number of hydrogen-bond acceptors (Lipinski definition) is 5. The maximum absolute atomic E-state index is 13.8. The molecule has 0 bridgehead atoms. The van der Waals surface area contributed by atoms with Crippen LogP contribution in [-0.4, -0.2) is 35.1 Å². The lowest BCUT2D eigenvalue weighted by atomic mass is 10.1. The summed E-state index contributed by atoms with van der Waals surface area (Å²) in [5, 5.41) is 11.6. The van der Waals surface area contributed by atoms with Gasteiger partial charge in [0.1, 0.15) is 4.88 Å². The van der Waals surface area contributed by atoms with E-state index in [2.05, 4.69) is 18.8 Å². The molecule has 0 radical (unpaired) electrons. The molecule has 2 aromatic carbocycles. The van der Waals surface area contributed by atoms with Gasteiger partial charge < -0.3 is 10.0 Å². The summed E-state index contributed by atoms with van der Waals surface area (Å²) in [5.41, 5.74) is 1.43. The van der Waals surface area contributed by atoms with Crippen LogP contribution in [0.2, 0.25) is 10.0 Å². The molecule has 2 aromatic heterocycles. The zero-order valence-electron chi connectivity index (χ0n) is 19.6. The normalized spacial score (nSPS) is 11.1. The van der Waals surface area contributed by atoms with Crippen molar-refractivity contribution >= 4 is 68.6 Å². The van der Waals surface area contributed by atoms with Gasteiger partial charge >= 0.3 is 5.97 Å². The van der Waals surface area contributed by atoms with Crippen LogP contribution in [0, 0.1) is 0 Å². The number of carbonyl (C=O) groups is 2. The van der Waals surface area contributed by atoms with Crippen molar-refractivity contribution in [2.75, 3.05) is 18.0 Å². The lowest BCUT2D eigenvalue weighted by Crippen LogP contribution is -3.06. The van der Waals surface area contributed by atoms with E-state index in [1.807, 2.05) is 30.3 Å². The van der Waals surface area contributed by atoms with Crippen molar-refractivity contribution in [1.29, 1.82) is 0 Å². The standard InChI is InChI=1S/C26H23Cl2N3O3S2/c1-3-30(4-2)26-29-14-18(35-26)15-31(24(32)19-11-10-17(27)12-20(19)28)21-13-22(36-23(21)25(33)34)16-8-6-5-7-9-16/h5-14H,3-4,15H2,1-2H3,(H,33,34)/p+1. The number of nitrogens with zero attached hydrogens (tertiary/aromatic N) is 2. The van der Waals surface area contributed by atoms with Crippen molar-refractivity contribution < 1.29 is 19.6 Å². The molecule has 36 heavy (non-hydrogen) atoms. The highest BCUT2D eigenvalue weighted by Gasteiger charge is 2.29. The summed E-state index contributed by atoms with van der Waals surface area (Å²) >= 11 is 15.1. The number of aromatic nitrogens is 1. The molecule has 0 spiro atoms. The second-order valence-electron chi connectivity index (χ2n) is 7.95. The van der Waals surface area contributed by atoms with Gasteiger partial charge in [-0.1, -0.05) is 64.9 Å². The van der Waals surface area contributed by atoms with Crippen molar-refractivity contribution in [3.63, 3.8) is 0 Å². The van der Waals surface area contributed by atoms with E-state index in [0.717, 1.165) is 44.9 Å². The number of carboxylic acid groups (broad SMARTS) is 1. The van der Waals surface area contributed by atoms with Crippen LogP contribution in [-0.2, 0) is 6.54 Å². The molecule has 2 heterocycles. The number of benzene rings is 2. The van der Waals surface area contributed by atoms with E-state index < -0.39 is 11.9 Å². The van der Waals surface area contributed by atoms with E-state index >= 15 is 0 Å². The Kier molecular flexibility index (Phi) is 8.43. The zero-order chi connectivity index (χ0) is 25.8. The second-order valence-corrected chi connectivity index (χ2v) is 11.0. The van der Waals surface area contributed by atoms with Crippen molar-refractivity contribution in [1.82, 2.24) is 4.98 Å². The summed E-state index contributed by atoms with van der Waals surface area (Å²) in [6, 6.07) is 15.9. The minimum Gasteiger partial charge on any atom is -0.477 e. The van der Waals surface area contributed by atoms with Crippen LogP contribution < -0.4 is 9.80 Å². The summed E-state index contributed by atoms with van der Waals surface area (Å²) < 4.78 is 0. The molecule has 4 aromatic rings. The Morgan fingerprint density at radius 1 is 1.03 bits per heavy atom. The molecule has 0 unspecified atom stereocenters. The number of amides is 1. The first kappa shape index (κ1) is 26.3. The first-order valence-electron chi connectivity index (χ1n) is 11.3. The lowest BCUT2D eigenvalue weighted by molar-refractivity contribution is -0.828. The molecule has 186 valence electrons. The maximum atomic E-state index is 13.8. The van der Waals surface area contributed by atoms with Crippen LogP contribution in [0.5, 0.6) is 0 Å². The number of anilines is 1. The first-order valence-corrected chi connectivity index (χ1v) is 13.7. The number of rotatable bonds is 9. The number of thiophene rings is 1. The molecule has 6 nitrogen and oxygen atoms in total. The number of thiazole rings is 1. The largest absolute Gasteiger partial charge is 0.477 e. The molecule has 0 fully saturated rings. The third kappa shape index (κ3) is 5.63. The second kappa shape index (κ2) is 11.5. The van der Waals surface area contributed by atoms with Crippen molar-refractivity contribution in [2.24, 2.45) is 0 Å². The Morgan fingerprint density at radius 3 is 2.39 bits per heavy atom. The van der Waals surface area contributed by atoms with Crippen molar-refractivity contribution in [3.05, 3.63) is 86.2 Å². The number of carboxylic acids is 1. The first-order chi connectivity index (χ1) is 17.3. The number of carbonyl (C=O) groups excluding carboxylic acids is 1. The predicted molar refractivity (Wildman–Crippen MR) is 148 cm³/mol. The molecule has 2 N–H and O–H groups in total. The fraction of sp³-hybridized carbons (Fsp3) is 0.192. The SMILES string of the molecule is CC[NH+](CC)c1ncc(CN(C(=O)c2ccc(Cl)cc2Cl)c2cc(-c3ccccc3)sc2C(=O)O)s1. The minimum absolute atomic E-state index is 0.0754. The lowest BCUT2D eigenvalue weighted by Gasteiger charge is -2.22. The minimum atomic E-state index is -1.10. The monoisotopic (exact) mass is 560 g/mol. The molecular formula is C26H24Cl2N3O3S2+. The van der Waals surface area contributed by atoms with Crippen LogP contribution in [0.25, 0.3) is 10.4 Å². The summed E-state index contributed by atoms with van der Waals surface area (Å²) in [6.07, 6.45) is 1.75. The van der Waals surface area contributed by atoms with E-state index in [1.165, 1.54) is 27.2 Å². The highest BCUT2D eigenvalue weighted by atomic mass is 35.5. The average Bonchev–Trinajstić information content (AvgIpc) is 3.51. The predicted octanol–water partition coefficient (Wildman–Crippen LogP) is 6.28. The van der Waals surface area contributed by atoms with E-state index in [0.29, 0.717) is 10.7 Å². The van der Waals surface area contributed by atoms with Crippen LogP contribution in [0.4, 0.5) is 10.8 Å². The quantitative estimate of drug-likeness (QED) is 0.252. The average molecular weight is 562 g/mol. The Hall–Kier alpha value is -2.75. The van der Waals surface area contributed by atoms with Crippen LogP contribution in [0.15, 0.2) is 60.8 Å². The zero-order valence-corrected chi connectivity index (χ0v) is 22.8. The third-order valence-corrected chi connectivity index (χ3v) is 8.48. The molecule has 4 rings (SSSR count). The van der Waals surface area contributed by atoms with Crippen LogP contribution in [0.1, 0.15) is 38.8 Å². The molecular weight excluding hydrogens is 537 g/mol. The smallest absolute Gasteiger partial charge is 0.348 e. The fourth-order valence-electron chi connectivity index (χ4n) is 3.81. The molecule has 0 saturated heterocycles. The van der Waals surface area contributed by atoms with E-state index in [1.54, 1.807) is 24.4 Å². The fourth-order valence-corrected chi connectivity index (χ4v) is 6.39. The highest BCUT2D eigenvalue weighted by Crippen LogP contribution is 2.39. The summed E-state index contributed by atoms with van der Waals surface area (Å²) in [5.74, 6) is -1.52. The van der Waals surface area contributed by atoms with Gasteiger partial charge in [-0.3, -0.25) is 9.69 Å². The number of hydrogen-bond donors (Lipinski definition) is 2. The maximum Gasteiger partial charge on any atom is 0.348 e. The molecule has 0 atom stereocenters. The van der Waals surface area contributed by atoms with Gasteiger partial charge in [-0.05, 0) is 43.7 Å². The summed E-state index contributed by atoms with van der Waals surface area (Å²) in [6.45, 7) is 6.12. The number of halogens is 2. The van der Waals surface area contributed by atoms with Gasteiger partial charge in [0.05, 0.1) is 40.8 Å².